The number of rotatable bonds is 7. The predicted octanol–water partition coefficient (Wildman–Crippen LogP) is 2.57. The van der Waals surface area contributed by atoms with Gasteiger partial charge in [-0.1, -0.05) is 37.1 Å². The summed E-state index contributed by atoms with van der Waals surface area (Å²) >= 11 is 3.06. The van der Waals surface area contributed by atoms with Gasteiger partial charge < -0.3 is 5.32 Å². The molecule has 23 heavy (non-hydrogen) atoms. The summed E-state index contributed by atoms with van der Waals surface area (Å²) in [6.45, 7) is 1.45. The van der Waals surface area contributed by atoms with Gasteiger partial charge in [0.1, 0.15) is 0 Å². The Morgan fingerprint density at radius 3 is 3.04 bits per heavy atom. The number of thioether (sulfide) groups is 1. The Kier molecular flexibility index (Phi) is 6.04. The van der Waals surface area contributed by atoms with Crippen LogP contribution in [0.2, 0.25) is 0 Å². The molecule has 1 aliphatic carbocycles. The monoisotopic (exact) mass is 351 g/mol. The maximum Gasteiger partial charge on any atom is 0.230 e. The lowest BCUT2D eigenvalue weighted by molar-refractivity contribution is -0.118. The molecule has 1 N–H and O–H groups in total. The summed E-state index contributed by atoms with van der Waals surface area (Å²) in [6.07, 6.45) is 6.42. The maximum absolute atomic E-state index is 12.0. The maximum atomic E-state index is 12.0. The molecule has 0 aromatic carbocycles. The number of thiophene rings is 1. The molecule has 0 unspecified atom stereocenters. The van der Waals surface area contributed by atoms with Gasteiger partial charge in [-0.05, 0) is 40.6 Å². The van der Waals surface area contributed by atoms with Crippen LogP contribution in [0.15, 0.2) is 22.7 Å². The molecule has 0 saturated heterocycles. The van der Waals surface area contributed by atoms with Crippen molar-refractivity contribution in [2.45, 2.75) is 43.8 Å². The second kappa shape index (κ2) is 8.44. The molecule has 0 spiro atoms. The van der Waals surface area contributed by atoms with Gasteiger partial charge in [-0.25, -0.2) is 4.68 Å². The lowest BCUT2D eigenvalue weighted by atomic mass is 9.89. The average molecular weight is 352 g/mol. The summed E-state index contributed by atoms with van der Waals surface area (Å²) in [5.74, 6) is 1.07. The third kappa shape index (κ3) is 5.04. The van der Waals surface area contributed by atoms with Crippen LogP contribution < -0.4 is 5.32 Å². The van der Waals surface area contributed by atoms with E-state index in [1.54, 1.807) is 16.0 Å². The third-order valence-electron chi connectivity index (χ3n) is 4.03. The highest BCUT2D eigenvalue weighted by Gasteiger charge is 2.15. The Hall–Kier alpha value is -1.41. The van der Waals surface area contributed by atoms with E-state index in [1.807, 2.05) is 11.4 Å². The minimum Gasteiger partial charge on any atom is -0.355 e. The lowest BCUT2D eigenvalue weighted by Crippen LogP contribution is -2.31. The van der Waals surface area contributed by atoms with Crippen LogP contribution >= 0.6 is 23.1 Å². The minimum atomic E-state index is 0.0613. The van der Waals surface area contributed by atoms with Crippen LogP contribution in [0.4, 0.5) is 0 Å². The molecule has 0 radical (unpaired) electrons. The second-order valence-electron chi connectivity index (χ2n) is 5.80. The summed E-state index contributed by atoms with van der Waals surface area (Å²) < 4.78 is 1.74. The molecule has 1 amide bonds. The van der Waals surface area contributed by atoms with Crippen LogP contribution in [0.25, 0.3) is 0 Å². The molecule has 6 nitrogen and oxygen atoms in total. The molecule has 0 bridgehead atoms. The molecular formula is C15H21N5OS2. The molecular weight excluding hydrogens is 330 g/mol. The summed E-state index contributed by atoms with van der Waals surface area (Å²) in [5, 5.41) is 17.5. The fourth-order valence-electron chi connectivity index (χ4n) is 2.78. The van der Waals surface area contributed by atoms with Gasteiger partial charge in [-0.15, -0.1) is 16.4 Å². The number of nitrogens with zero attached hydrogens (tertiary/aromatic N) is 4. The van der Waals surface area contributed by atoms with Crippen LogP contribution in [-0.4, -0.2) is 38.4 Å². The Bertz CT molecular complexity index is 607. The number of aromatic nitrogens is 4. The van der Waals surface area contributed by atoms with Gasteiger partial charge in [0.05, 0.1) is 12.3 Å². The number of tetrazole rings is 1. The third-order valence-corrected chi connectivity index (χ3v) is 5.85. The van der Waals surface area contributed by atoms with Gasteiger partial charge >= 0.3 is 0 Å². The fraction of sp³-hybridized carbons (Fsp3) is 0.600. The van der Waals surface area contributed by atoms with E-state index in [4.69, 9.17) is 0 Å². The van der Waals surface area contributed by atoms with Crippen molar-refractivity contribution < 1.29 is 4.79 Å². The number of hydrogen-bond acceptors (Lipinski definition) is 6. The number of carbonyl (C=O) groups excluding carboxylic acids is 1. The van der Waals surface area contributed by atoms with Crippen LogP contribution in [-0.2, 0) is 11.3 Å². The Balaban J connectivity index is 1.43. The van der Waals surface area contributed by atoms with Gasteiger partial charge in [0.25, 0.3) is 0 Å². The average Bonchev–Trinajstić information content (AvgIpc) is 3.24. The molecule has 1 fully saturated rings. The summed E-state index contributed by atoms with van der Waals surface area (Å²) in [4.78, 5) is 13.2. The van der Waals surface area contributed by atoms with Crippen molar-refractivity contribution in [2.75, 3.05) is 12.3 Å². The zero-order chi connectivity index (χ0) is 15.9. The zero-order valence-electron chi connectivity index (χ0n) is 13.0. The Morgan fingerprint density at radius 2 is 2.26 bits per heavy atom. The Morgan fingerprint density at radius 1 is 1.39 bits per heavy atom. The van der Waals surface area contributed by atoms with E-state index < -0.39 is 0 Å². The quantitative estimate of drug-likeness (QED) is 0.776. The van der Waals surface area contributed by atoms with Gasteiger partial charge in [0.2, 0.25) is 11.1 Å². The summed E-state index contributed by atoms with van der Waals surface area (Å²) in [7, 11) is 0. The molecule has 124 valence electrons. The van der Waals surface area contributed by atoms with Crippen molar-refractivity contribution in [3.8, 4) is 0 Å². The van der Waals surface area contributed by atoms with Gasteiger partial charge in [-0.2, -0.15) is 0 Å². The van der Waals surface area contributed by atoms with E-state index in [0.717, 1.165) is 6.54 Å². The lowest BCUT2D eigenvalue weighted by Gasteiger charge is -2.21. The summed E-state index contributed by atoms with van der Waals surface area (Å²) in [6, 6.07) is 4.06. The molecule has 0 atom stereocenters. The molecule has 8 heteroatoms. The van der Waals surface area contributed by atoms with Crippen LogP contribution in [0.5, 0.6) is 0 Å². The normalized spacial score (nSPS) is 15.7. The zero-order valence-corrected chi connectivity index (χ0v) is 14.6. The highest BCUT2D eigenvalue weighted by Crippen LogP contribution is 2.23. The van der Waals surface area contributed by atoms with Crippen molar-refractivity contribution in [1.29, 1.82) is 0 Å². The van der Waals surface area contributed by atoms with E-state index in [9.17, 15) is 4.79 Å². The van der Waals surface area contributed by atoms with E-state index >= 15 is 0 Å². The van der Waals surface area contributed by atoms with Crippen LogP contribution in [0, 0.1) is 5.92 Å². The van der Waals surface area contributed by atoms with Crippen molar-refractivity contribution in [1.82, 2.24) is 25.5 Å². The van der Waals surface area contributed by atoms with Gasteiger partial charge in [0.15, 0.2) is 0 Å². The van der Waals surface area contributed by atoms with E-state index in [0.29, 0.717) is 23.4 Å². The number of amides is 1. The topological polar surface area (TPSA) is 72.7 Å². The van der Waals surface area contributed by atoms with Gasteiger partial charge in [-0.3, -0.25) is 4.79 Å². The van der Waals surface area contributed by atoms with E-state index in [2.05, 4.69) is 26.9 Å². The minimum absolute atomic E-state index is 0.0613. The van der Waals surface area contributed by atoms with E-state index in [-0.39, 0.29) is 5.91 Å². The first-order chi connectivity index (χ1) is 11.3. The predicted molar refractivity (Wildman–Crippen MR) is 91.5 cm³/mol. The first-order valence-corrected chi connectivity index (χ1v) is 9.86. The van der Waals surface area contributed by atoms with Crippen molar-refractivity contribution in [3.63, 3.8) is 0 Å². The fourth-order valence-corrected chi connectivity index (χ4v) is 4.17. The molecule has 0 aliphatic heterocycles. The van der Waals surface area contributed by atoms with Gasteiger partial charge in [0, 0.05) is 11.4 Å². The number of hydrogen-bond donors (Lipinski definition) is 1. The molecule has 2 aromatic rings. The van der Waals surface area contributed by atoms with Crippen molar-refractivity contribution in [2.24, 2.45) is 5.92 Å². The highest BCUT2D eigenvalue weighted by atomic mass is 32.2. The number of nitrogens with one attached hydrogen (secondary N) is 1. The first-order valence-electron chi connectivity index (χ1n) is 7.99. The first kappa shape index (κ1) is 16.4. The van der Waals surface area contributed by atoms with Crippen molar-refractivity contribution >= 4 is 29.0 Å². The molecule has 1 aliphatic rings. The SMILES string of the molecule is O=C(CSc1nnnn1Cc1cccs1)NCC1CCCCC1. The highest BCUT2D eigenvalue weighted by molar-refractivity contribution is 7.99. The van der Waals surface area contributed by atoms with Crippen LogP contribution in [0.1, 0.15) is 37.0 Å². The van der Waals surface area contributed by atoms with Crippen LogP contribution in [0.3, 0.4) is 0 Å². The Labute approximate surface area is 144 Å². The molecule has 1 saturated carbocycles. The molecule has 2 heterocycles. The standard InChI is InChI=1S/C15H21N5OS2/c21-14(16-9-12-5-2-1-3-6-12)11-23-15-17-18-19-20(15)10-13-7-4-8-22-13/h4,7-8,12H,1-3,5-6,9-11H2,(H,16,21). The summed E-state index contributed by atoms with van der Waals surface area (Å²) in [5.41, 5.74) is 0. The largest absolute Gasteiger partial charge is 0.355 e. The number of carbonyl (C=O) groups is 1. The van der Waals surface area contributed by atoms with Crippen molar-refractivity contribution in [3.05, 3.63) is 22.4 Å². The second-order valence-corrected chi connectivity index (χ2v) is 7.77. The van der Waals surface area contributed by atoms with E-state index in [1.165, 1.54) is 48.7 Å². The molecule has 2 aromatic heterocycles. The smallest absolute Gasteiger partial charge is 0.230 e. The molecule has 3 rings (SSSR count).